The lowest BCUT2D eigenvalue weighted by atomic mass is 9.74. The van der Waals surface area contributed by atoms with Crippen LogP contribution in [0.2, 0.25) is 0 Å². The summed E-state index contributed by atoms with van der Waals surface area (Å²) in [5.74, 6) is -0.983. The SMILES string of the molecule is CN(C)c1cc(-c2ncco2)c(O)c2c1CC1CCCC/C(C(N)=O)=C(/O)C/C=C\1C2=O. The van der Waals surface area contributed by atoms with Crippen LogP contribution in [-0.4, -0.2) is 41.0 Å². The number of aliphatic hydroxyl groups excluding tert-OH is 1. The number of carbonyl (C=O) groups is 2. The predicted molar refractivity (Wildman–Crippen MR) is 119 cm³/mol. The number of allylic oxidation sites excluding steroid dienone is 2. The van der Waals surface area contributed by atoms with Gasteiger partial charge < -0.3 is 25.3 Å². The van der Waals surface area contributed by atoms with Crippen molar-refractivity contribution in [1.82, 2.24) is 4.98 Å². The zero-order valence-corrected chi connectivity index (χ0v) is 18.2. The first-order chi connectivity index (χ1) is 15.3. The zero-order chi connectivity index (χ0) is 23.0. The van der Waals surface area contributed by atoms with Crippen molar-refractivity contribution in [2.45, 2.75) is 38.5 Å². The van der Waals surface area contributed by atoms with Crippen molar-refractivity contribution < 1.29 is 24.2 Å². The molecule has 8 heteroatoms. The molecule has 1 unspecified atom stereocenters. The number of benzene rings is 1. The molecule has 2 aliphatic rings. The summed E-state index contributed by atoms with van der Waals surface area (Å²) in [6.45, 7) is 0. The fourth-order valence-electron chi connectivity index (χ4n) is 4.70. The Bertz CT molecular complexity index is 1130. The minimum atomic E-state index is -0.637. The number of primary amides is 1. The molecule has 1 heterocycles. The van der Waals surface area contributed by atoms with Crippen molar-refractivity contribution in [2.24, 2.45) is 11.7 Å². The van der Waals surface area contributed by atoms with Crippen molar-refractivity contribution in [1.29, 1.82) is 0 Å². The number of nitrogens with two attached hydrogens (primary N) is 1. The molecule has 0 aliphatic heterocycles. The van der Waals surface area contributed by atoms with E-state index in [1.807, 2.05) is 19.0 Å². The lowest BCUT2D eigenvalue weighted by molar-refractivity contribution is -0.114. The average Bonchev–Trinajstić information content (AvgIpc) is 3.27. The Kier molecular flexibility index (Phi) is 5.78. The summed E-state index contributed by atoms with van der Waals surface area (Å²) in [5, 5.41) is 21.5. The summed E-state index contributed by atoms with van der Waals surface area (Å²) in [5.41, 5.74) is 8.39. The normalized spacial score (nSPS) is 23.0. The molecular formula is C24H27N3O5. The van der Waals surface area contributed by atoms with Gasteiger partial charge in [-0.05, 0) is 43.2 Å². The van der Waals surface area contributed by atoms with Crippen LogP contribution in [0.5, 0.6) is 5.75 Å². The van der Waals surface area contributed by atoms with Gasteiger partial charge in [-0.2, -0.15) is 0 Å². The quantitative estimate of drug-likeness (QED) is 0.668. The second kappa shape index (κ2) is 8.53. The monoisotopic (exact) mass is 437 g/mol. The number of aromatic nitrogens is 1. The third-order valence-corrected chi connectivity index (χ3v) is 6.30. The van der Waals surface area contributed by atoms with Crippen LogP contribution in [0.1, 0.15) is 48.0 Å². The molecule has 0 saturated heterocycles. The van der Waals surface area contributed by atoms with Crippen molar-refractivity contribution in [3.63, 3.8) is 0 Å². The molecule has 2 aliphatic carbocycles. The fourth-order valence-corrected chi connectivity index (χ4v) is 4.70. The molecule has 4 rings (SSSR count). The molecular weight excluding hydrogens is 410 g/mol. The van der Waals surface area contributed by atoms with Gasteiger partial charge in [0.25, 0.3) is 0 Å². The Morgan fingerprint density at radius 1 is 1.28 bits per heavy atom. The number of oxazole rings is 1. The zero-order valence-electron chi connectivity index (χ0n) is 18.2. The molecule has 168 valence electrons. The summed E-state index contributed by atoms with van der Waals surface area (Å²) < 4.78 is 5.38. The third kappa shape index (κ3) is 3.77. The molecule has 0 radical (unpaired) electrons. The number of aromatic hydroxyl groups is 1. The van der Waals surface area contributed by atoms with E-state index >= 15 is 0 Å². The maximum atomic E-state index is 13.7. The molecule has 2 aromatic rings. The lowest BCUT2D eigenvalue weighted by Crippen LogP contribution is -2.27. The van der Waals surface area contributed by atoms with Crippen LogP contribution in [0.25, 0.3) is 11.5 Å². The number of Topliss-reactive ketones (excluding diaryl/α,β-unsaturated/α-hetero) is 1. The van der Waals surface area contributed by atoms with E-state index in [2.05, 4.69) is 4.98 Å². The van der Waals surface area contributed by atoms with Crippen LogP contribution in [0.4, 0.5) is 5.69 Å². The van der Waals surface area contributed by atoms with Crippen LogP contribution in [0, 0.1) is 5.92 Å². The van der Waals surface area contributed by atoms with E-state index in [0.29, 0.717) is 30.4 Å². The number of fused-ring (bicyclic) bond motifs is 2. The number of nitrogens with zero attached hydrogens (tertiary/aromatic N) is 2. The first kappa shape index (κ1) is 21.7. The number of phenolic OH excluding ortho intramolecular Hbond substituents is 1. The van der Waals surface area contributed by atoms with Crippen LogP contribution in [0.3, 0.4) is 0 Å². The van der Waals surface area contributed by atoms with Gasteiger partial charge in [-0.15, -0.1) is 0 Å². The molecule has 1 aromatic heterocycles. The highest BCUT2D eigenvalue weighted by molar-refractivity contribution is 6.15. The summed E-state index contributed by atoms with van der Waals surface area (Å²) in [6.07, 6.45) is 7.87. The molecule has 1 aromatic carbocycles. The largest absolute Gasteiger partial charge is 0.511 e. The highest BCUT2D eigenvalue weighted by Gasteiger charge is 2.36. The minimum absolute atomic E-state index is 0.0383. The highest BCUT2D eigenvalue weighted by Crippen LogP contribution is 2.46. The molecule has 0 spiro atoms. The van der Waals surface area contributed by atoms with Crippen molar-refractivity contribution in [3.05, 3.63) is 52.6 Å². The van der Waals surface area contributed by atoms with E-state index < -0.39 is 5.91 Å². The molecule has 32 heavy (non-hydrogen) atoms. The Hall–Kier alpha value is -3.55. The summed E-state index contributed by atoms with van der Waals surface area (Å²) in [7, 11) is 3.78. The number of carbonyl (C=O) groups excluding carboxylic acids is 2. The molecule has 8 nitrogen and oxygen atoms in total. The van der Waals surface area contributed by atoms with Gasteiger partial charge in [-0.1, -0.05) is 12.5 Å². The third-order valence-electron chi connectivity index (χ3n) is 6.30. The molecule has 4 N–H and O–H groups in total. The molecule has 1 amide bonds. The smallest absolute Gasteiger partial charge is 0.248 e. The van der Waals surface area contributed by atoms with E-state index in [9.17, 15) is 19.8 Å². The Morgan fingerprint density at radius 2 is 2.06 bits per heavy atom. The van der Waals surface area contributed by atoms with E-state index in [0.717, 1.165) is 24.1 Å². The highest BCUT2D eigenvalue weighted by atomic mass is 16.3. The number of ketones is 1. The second-order valence-electron chi connectivity index (χ2n) is 8.51. The Balaban J connectivity index is 1.87. The van der Waals surface area contributed by atoms with E-state index in [1.54, 1.807) is 12.1 Å². The number of anilines is 1. The molecule has 0 bridgehead atoms. The Labute approximate surface area is 186 Å². The van der Waals surface area contributed by atoms with Crippen LogP contribution >= 0.6 is 0 Å². The number of amides is 1. The molecule has 0 fully saturated rings. The van der Waals surface area contributed by atoms with E-state index in [1.165, 1.54) is 12.5 Å². The fraction of sp³-hybridized carbons (Fsp3) is 0.375. The number of rotatable bonds is 3. The lowest BCUT2D eigenvalue weighted by Gasteiger charge is -2.31. The van der Waals surface area contributed by atoms with Gasteiger partial charge in [-0.3, -0.25) is 9.59 Å². The van der Waals surface area contributed by atoms with Gasteiger partial charge in [0.1, 0.15) is 17.8 Å². The second-order valence-corrected chi connectivity index (χ2v) is 8.51. The molecule has 1 atom stereocenters. The van der Waals surface area contributed by atoms with Gasteiger partial charge >= 0.3 is 0 Å². The van der Waals surface area contributed by atoms with Gasteiger partial charge in [-0.25, -0.2) is 4.98 Å². The number of aliphatic hydroxyl groups is 1. The topological polar surface area (TPSA) is 130 Å². The van der Waals surface area contributed by atoms with E-state index in [4.69, 9.17) is 10.2 Å². The molecule has 0 saturated carbocycles. The van der Waals surface area contributed by atoms with Crippen molar-refractivity contribution >= 4 is 17.4 Å². The van der Waals surface area contributed by atoms with Gasteiger partial charge in [0.15, 0.2) is 5.78 Å². The Morgan fingerprint density at radius 3 is 2.72 bits per heavy atom. The van der Waals surface area contributed by atoms with E-state index in [-0.39, 0.29) is 46.7 Å². The van der Waals surface area contributed by atoms with Crippen LogP contribution in [0.15, 0.2) is 45.9 Å². The summed E-state index contributed by atoms with van der Waals surface area (Å²) >= 11 is 0. The standard InChI is InChI=1S/C24H27N3O5/c1-27(2)18-12-17(24-26-9-10-32-24)22(30)20-16(18)11-13-5-3-4-6-15(23(25)31)19(28)8-7-14(13)21(20)29/h7,9-10,12-13,28,30H,3-6,8,11H2,1-2H3,(H2,25,31)/b14-7+,19-15-. The average molecular weight is 437 g/mol. The maximum Gasteiger partial charge on any atom is 0.248 e. The number of phenols is 1. The minimum Gasteiger partial charge on any atom is -0.511 e. The predicted octanol–water partition coefficient (Wildman–Crippen LogP) is 3.66. The van der Waals surface area contributed by atoms with Crippen molar-refractivity contribution in [2.75, 3.05) is 19.0 Å². The summed E-state index contributed by atoms with van der Waals surface area (Å²) in [4.78, 5) is 31.4. The van der Waals surface area contributed by atoms with Gasteiger partial charge in [0.05, 0.1) is 22.9 Å². The van der Waals surface area contributed by atoms with Crippen molar-refractivity contribution in [3.8, 4) is 17.2 Å². The van der Waals surface area contributed by atoms with Gasteiger partial charge in [0, 0.05) is 31.8 Å². The van der Waals surface area contributed by atoms with Crippen LogP contribution < -0.4 is 10.6 Å². The maximum absolute atomic E-state index is 13.7. The first-order valence-electron chi connectivity index (χ1n) is 10.7. The summed E-state index contributed by atoms with van der Waals surface area (Å²) in [6, 6.07) is 1.80. The first-order valence-corrected chi connectivity index (χ1v) is 10.7. The van der Waals surface area contributed by atoms with Gasteiger partial charge in [0.2, 0.25) is 11.8 Å². The van der Waals surface area contributed by atoms with Crippen LogP contribution in [-0.2, 0) is 11.2 Å². The number of hydrogen-bond donors (Lipinski definition) is 3. The number of hydrogen-bond acceptors (Lipinski definition) is 7.